The topological polar surface area (TPSA) is 35.5 Å². The predicted molar refractivity (Wildman–Crippen MR) is 123 cm³/mol. The lowest BCUT2D eigenvalue weighted by Crippen LogP contribution is -2.01. The van der Waals surface area contributed by atoms with Crippen molar-refractivity contribution in [3.05, 3.63) is 98.5 Å². The molecule has 3 rings (SSSR count). The molecular weight excluding hydrogens is 419 g/mol. The number of halogens is 2. The van der Waals surface area contributed by atoms with Crippen LogP contribution in [0.2, 0.25) is 10.0 Å². The molecule has 0 N–H and O–H groups in total. The van der Waals surface area contributed by atoms with Crippen molar-refractivity contribution >= 4 is 35.1 Å². The predicted octanol–water partition coefficient (Wildman–Crippen LogP) is 7.09. The van der Waals surface area contributed by atoms with Crippen molar-refractivity contribution in [3.8, 4) is 11.5 Å². The number of hydrogen-bond donors (Lipinski definition) is 0. The Kier molecular flexibility index (Phi) is 7.20. The average molecular weight is 441 g/mol. The van der Waals surface area contributed by atoms with E-state index in [1.807, 2.05) is 37.3 Å². The van der Waals surface area contributed by atoms with Gasteiger partial charge in [-0.15, -0.1) is 0 Å². The first-order valence-corrected chi connectivity index (χ1v) is 10.2. The van der Waals surface area contributed by atoms with Gasteiger partial charge in [-0.2, -0.15) is 0 Å². The highest BCUT2D eigenvalue weighted by molar-refractivity contribution is 6.37. The highest BCUT2D eigenvalue weighted by Gasteiger charge is 2.09. The second-order valence-corrected chi connectivity index (χ2v) is 7.72. The minimum atomic E-state index is -0.194. The molecule has 3 aromatic rings. The molecule has 0 aliphatic heterocycles. The highest BCUT2D eigenvalue weighted by Crippen LogP contribution is 2.26. The van der Waals surface area contributed by atoms with E-state index < -0.39 is 0 Å². The molecular formula is C25H22Cl2O3. The molecule has 0 unspecified atom stereocenters. The van der Waals surface area contributed by atoms with E-state index in [2.05, 4.69) is 13.0 Å². The van der Waals surface area contributed by atoms with Crippen LogP contribution in [0.25, 0.3) is 6.08 Å². The number of ketones is 1. The van der Waals surface area contributed by atoms with Crippen molar-refractivity contribution in [2.24, 2.45) is 0 Å². The molecule has 0 amide bonds. The van der Waals surface area contributed by atoms with Crippen molar-refractivity contribution in [2.45, 2.75) is 20.5 Å². The van der Waals surface area contributed by atoms with Crippen LogP contribution in [0.5, 0.6) is 11.5 Å². The summed E-state index contributed by atoms with van der Waals surface area (Å²) >= 11 is 12.0. The summed E-state index contributed by atoms with van der Waals surface area (Å²) in [6, 6.07) is 16.5. The second-order valence-electron chi connectivity index (χ2n) is 6.88. The monoisotopic (exact) mass is 440 g/mol. The fourth-order valence-electron chi connectivity index (χ4n) is 3.00. The number of ether oxygens (including phenoxy) is 2. The van der Waals surface area contributed by atoms with E-state index in [0.717, 1.165) is 28.2 Å². The van der Waals surface area contributed by atoms with Crippen LogP contribution in [0.4, 0.5) is 0 Å². The molecule has 0 heterocycles. The molecule has 0 saturated carbocycles. The van der Waals surface area contributed by atoms with Crippen LogP contribution in [0.1, 0.15) is 32.6 Å². The first kappa shape index (κ1) is 21.9. The van der Waals surface area contributed by atoms with E-state index in [1.165, 1.54) is 11.6 Å². The van der Waals surface area contributed by atoms with Gasteiger partial charge in [0.05, 0.1) is 12.1 Å². The van der Waals surface area contributed by atoms with Crippen LogP contribution in [-0.4, -0.2) is 12.9 Å². The van der Waals surface area contributed by atoms with Crippen LogP contribution >= 0.6 is 23.2 Å². The maximum atomic E-state index is 12.5. The van der Waals surface area contributed by atoms with Crippen LogP contribution in [-0.2, 0) is 6.61 Å². The van der Waals surface area contributed by atoms with Gasteiger partial charge in [0.15, 0.2) is 5.78 Å². The highest BCUT2D eigenvalue weighted by atomic mass is 35.5. The number of aryl methyl sites for hydroxylation is 1. The Labute approximate surface area is 186 Å². The molecule has 0 aliphatic carbocycles. The van der Waals surface area contributed by atoms with Crippen molar-refractivity contribution in [2.75, 3.05) is 7.11 Å². The van der Waals surface area contributed by atoms with Crippen molar-refractivity contribution in [1.29, 1.82) is 0 Å². The van der Waals surface area contributed by atoms with Crippen LogP contribution < -0.4 is 9.47 Å². The molecule has 0 bridgehead atoms. The standard InChI is InChI=1S/C25H22Cl2O3/c1-16-5-4-6-24(17(16)2)30-15-19-13-18(8-12-25(19)29-3)7-11-23(28)21-10-9-20(26)14-22(21)27/h4-14H,15H2,1-3H3/b11-7+. The minimum Gasteiger partial charge on any atom is -0.496 e. The third-order valence-corrected chi connectivity index (χ3v) is 5.41. The van der Waals surface area contributed by atoms with Crippen molar-refractivity contribution in [3.63, 3.8) is 0 Å². The Bertz CT molecular complexity index is 1100. The molecule has 0 saturated heterocycles. The number of carbonyl (C=O) groups is 1. The molecule has 0 radical (unpaired) electrons. The van der Waals surface area contributed by atoms with Crippen LogP contribution in [0.15, 0.2) is 60.7 Å². The van der Waals surface area contributed by atoms with E-state index in [-0.39, 0.29) is 5.78 Å². The summed E-state index contributed by atoms with van der Waals surface area (Å²) in [6.07, 6.45) is 3.24. The molecule has 0 spiro atoms. The lowest BCUT2D eigenvalue weighted by molar-refractivity contribution is 0.104. The van der Waals surface area contributed by atoms with Crippen LogP contribution in [0, 0.1) is 13.8 Å². The minimum absolute atomic E-state index is 0.194. The second kappa shape index (κ2) is 9.84. The Hall–Kier alpha value is -2.75. The summed E-state index contributed by atoms with van der Waals surface area (Å²) in [5, 5.41) is 0.818. The smallest absolute Gasteiger partial charge is 0.187 e. The van der Waals surface area contributed by atoms with Gasteiger partial charge in [0.2, 0.25) is 0 Å². The molecule has 3 nitrogen and oxygen atoms in total. The first-order valence-electron chi connectivity index (χ1n) is 9.42. The third-order valence-electron chi connectivity index (χ3n) is 4.87. The summed E-state index contributed by atoms with van der Waals surface area (Å²) in [5.74, 6) is 1.37. The molecule has 3 aromatic carbocycles. The van der Waals surface area contributed by atoms with Gasteiger partial charge in [0.1, 0.15) is 18.1 Å². The quantitative estimate of drug-likeness (QED) is 0.290. The van der Waals surface area contributed by atoms with Gasteiger partial charge in [-0.3, -0.25) is 4.79 Å². The maximum absolute atomic E-state index is 12.5. The van der Waals surface area contributed by atoms with Crippen molar-refractivity contribution < 1.29 is 14.3 Å². The van der Waals surface area contributed by atoms with Gasteiger partial charge in [-0.25, -0.2) is 0 Å². The zero-order valence-corrected chi connectivity index (χ0v) is 18.6. The van der Waals surface area contributed by atoms with Gasteiger partial charge in [0, 0.05) is 16.1 Å². The molecule has 154 valence electrons. The van der Waals surface area contributed by atoms with Gasteiger partial charge in [0.25, 0.3) is 0 Å². The normalized spacial score (nSPS) is 11.0. The average Bonchev–Trinajstić information content (AvgIpc) is 2.73. The molecule has 30 heavy (non-hydrogen) atoms. The largest absolute Gasteiger partial charge is 0.496 e. The lowest BCUT2D eigenvalue weighted by atomic mass is 10.1. The number of methoxy groups -OCH3 is 1. The zero-order valence-electron chi connectivity index (χ0n) is 17.0. The summed E-state index contributed by atoms with van der Waals surface area (Å²) in [5.41, 5.74) is 4.43. The first-order chi connectivity index (χ1) is 14.4. The summed E-state index contributed by atoms with van der Waals surface area (Å²) < 4.78 is 11.5. The lowest BCUT2D eigenvalue weighted by Gasteiger charge is -2.13. The molecule has 0 atom stereocenters. The summed E-state index contributed by atoms with van der Waals surface area (Å²) in [6.45, 7) is 4.44. The van der Waals surface area contributed by atoms with E-state index >= 15 is 0 Å². The Morgan fingerprint density at radius 3 is 2.53 bits per heavy atom. The zero-order chi connectivity index (χ0) is 21.7. The van der Waals surface area contributed by atoms with Gasteiger partial charge in [-0.1, -0.05) is 47.5 Å². The number of carbonyl (C=O) groups excluding carboxylic acids is 1. The maximum Gasteiger partial charge on any atom is 0.187 e. The molecule has 0 aliphatic rings. The van der Waals surface area contributed by atoms with Gasteiger partial charge < -0.3 is 9.47 Å². The Morgan fingerprint density at radius 1 is 1.00 bits per heavy atom. The number of rotatable bonds is 7. The molecule has 0 fully saturated rings. The van der Waals surface area contributed by atoms with E-state index in [4.69, 9.17) is 32.7 Å². The SMILES string of the molecule is COc1ccc(/C=C/C(=O)c2ccc(Cl)cc2Cl)cc1COc1cccc(C)c1C. The summed E-state index contributed by atoms with van der Waals surface area (Å²) in [7, 11) is 1.62. The van der Waals surface area contributed by atoms with Gasteiger partial charge >= 0.3 is 0 Å². The number of hydrogen-bond acceptors (Lipinski definition) is 3. The van der Waals surface area contributed by atoms with Crippen LogP contribution in [0.3, 0.4) is 0 Å². The molecule has 0 aromatic heterocycles. The van der Waals surface area contributed by atoms with Crippen molar-refractivity contribution in [1.82, 2.24) is 0 Å². The number of benzene rings is 3. The fourth-order valence-corrected chi connectivity index (χ4v) is 3.50. The fraction of sp³-hybridized carbons (Fsp3) is 0.160. The number of allylic oxidation sites excluding steroid dienone is 1. The Morgan fingerprint density at radius 2 is 1.80 bits per heavy atom. The van der Waals surface area contributed by atoms with E-state index in [0.29, 0.717) is 22.2 Å². The third kappa shape index (κ3) is 5.24. The summed E-state index contributed by atoms with van der Waals surface area (Å²) in [4.78, 5) is 12.5. The van der Waals surface area contributed by atoms with E-state index in [9.17, 15) is 4.79 Å². The molecule has 5 heteroatoms. The van der Waals surface area contributed by atoms with Gasteiger partial charge in [-0.05, 0) is 73.0 Å². The Balaban J connectivity index is 1.79. The van der Waals surface area contributed by atoms with E-state index in [1.54, 1.807) is 31.4 Å².